The van der Waals surface area contributed by atoms with Gasteiger partial charge in [-0.2, -0.15) is 0 Å². The maximum Gasteiger partial charge on any atom is 0.337 e. The van der Waals surface area contributed by atoms with Gasteiger partial charge in [0.25, 0.3) is 5.69 Å². The van der Waals surface area contributed by atoms with E-state index in [1.807, 2.05) is 0 Å². The molecular formula is C18H20N2O6. The zero-order valence-corrected chi connectivity index (χ0v) is 14.9. The molecule has 0 saturated carbocycles. The van der Waals surface area contributed by atoms with Crippen LogP contribution in [0.15, 0.2) is 46.8 Å². The summed E-state index contributed by atoms with van der Waals surface area (Å²) >= 11 is 0. The summed E-state index contributed by atoms with van der Waals surface area (Å²) in [6.45, 7) is 6.67. The van der Waals surface area contributed by atoms with Gasteiger partial charge in [0.05, 0.1) is 28.1 Å². The van der Waals surface area contributed by atoms with Crippen molar-refractivity contribution in [2.24, 2.45) is 0 Å². The molecule has 2 N–H and O–H groups in total. The Kier molecular flexibility index (Phi) is 5.44. The number of nitro groups is 1. The lowest BCUT2D eigenvalue weighted by atomic mass is 9.80. The zero-order chi connectivity index (χ0) is 19.6. The molecule has 1 aliphatic heterocycles. The van der Waals surface area contributed by atoms with E-state index in [2.05, 4.69) is 5.32 Å². The number of non-ortho nitro benzene ring substituents is 1. The Labute approximate surface area is 150 Å². The fourth-order valence-electron chi connectivity index (χ4n) is 2.95. The van der Waals surface area contributed by atoms with Crippen LogP contribution in [0.2, 0.25) is 0 Å². The summed E-state index contributed by atoms with van der Waals surface area (Å²) in [5.41, 5.74) is 1.41. The van der Waals surface area contributed by atoms with Gasteiger partial charge in [0.1, 0.15) is 0 Å². The second-order valence-corrected chi connectivity index (χ2v) is 6.24. The number of nitro benzene ring substituents is 1. The van der Waals surface area contributed by atoms with Crippen molar-refractivity contribution in [2.75, 3.05) is 0 Å². The number of hydrogen-bond acceptors (Lipinski definition) is 6. The van der Waals surface area contributed by atoms with Gasteiger partial charge in [0.2, 0.25) is 0 Å². The highest BCUT2D eigenvalue weighted by molar-refractivity contribution is 5.99. The van der Waals surface area contributed by atoms with Crippen molar-refractivity contribution < 1.29 is 24.4 Å². The molecule has 1 unspecified atom stereocenters. The van der Waals surface area contributed by atoms with E-state index in [0.29, 0.717) is 17.0 Å². The number of carbonyl (C=O) groups is 2. The average Bonchev–Trinajstić information content (AvgIpc) is 2.52. The Bertz CT molecular complexity index is 821. The molecule has 1 heterocycles. The summed E-state index contributed by atoms with van der Waals surface area (Å²) in [7, 11) is 0. The Morgan fingerprint density at radius 1 is 1.15 bits per heavy atom. The van der Waals surface area contributed by atoms with Crippen LogP contribution >= 0.6 is 0 Å². The van der Waals surface area contributed by atoms with Crippen molar-refractivity contribution in [3.63, 3.8) is 0 Å². The standard InChI is InChI=1S/C18H20N2O6/c1-9(2)26-18(23)15-11(4)19-10(3)14(17(21)22)16(15)12-5-7-13(8-6-12)20(24)25/h5-9,16,19H,1-4H3,(H,21,22). The van der Waals surface area contributed by atoms with Gasteiger partial charge >= 0.3 is 11.9 Å². The van der Waals surface area contributed by atoms with Gasteiger partial charge in [-0.15, -0.1) is 0 Å². The minimum absolute atomic E-state index is 0.000147. The summed E-state index contributed by atoms with van der Waals surface area (Å²) in [5.74, 6) is -2.69. The van der Waals surface area contributed by atoms with Crippen LogP contribution in [0.25, 0.3) is 0 Å². The van der Waals surface area contributed by atoms with Crippen molar-refractivity contribution in [3.05, 3.63) is 62.5 Å². The number of benzene rings is 1. The lowest BCUT2D eigenvalue weighted by Crippen LogP contribution is -2.32. The number of esters is 1. The predicted octanol–water partition coefficient (Wildman–Crippen LogP) is 2.87. The fourth-order valence-corrected chi connectivity index (χ4v) is 2.95. The fraction of sp³-hybridized carbons (Fsp3) is 0.333. The molecule has 0 saturated heterocycles. The summed E-state index contributed by atoms with van der Waals surface area (Å²) in [5, 5.41) is 23.5. The Morgan fingerprint density at radius 2 is 1.69 bits per heavy atom. The number of nitrogens with zero attached hydrogens (tertiary/aromatic N) is 1. The van der Waals surface area contributed by atoms with Crippen LogP contribution in [-0.2, 0) is 14.3 Å². The Morgan fingerprint density at radius 3 is 2.15 bits per heavy atom. The SMILES string of the molecule is CC1=C(C(=O)O)C(c2ccc([N+](=O)[O-])cc2)C(C(=O)OC(C)C)=C(C)N1. The average molecular weight is 360 g/mol. The van der Waals surface area contributed by atoms with E-state index in [1.54, 1.807) is 27.7 Å². The normalized spacial score (nSPS) is 17.2. The van der Waals surface area contributed by atoms with Gasteiger partial charge in [-0.1, -0.05) is 12.1 Å². The van der Waals surface area contributed by atoms with E-state index in [0.717, 1.165) is 0 Å². The maximum atomic E-state index is 12.6. The first-order chi connectivity index (χ1) is 12.1. The first-order valence-corrected chi connectivity index (χ1v) is 8.00. The highest BCUT2D eigenvalue weighted by Crippen LogP contribution is 2.39. The second kappa shape index (κ2) is 7.38. The molecule has 1 aromatic carbocycles. The van der Waals surface area contributed by atoms with Gasteiger partial charge in [-0.25, -0.2) is 9.59 Å². The Balaban J connectivity index is 2.61. The molecule has 1 aromatic rings. The van der Waals surface area contributed by atoms with Crippen molar-refractivity contribution in [1.82, 2.24) is 5.32 Å². The monoisotopic (exact) mass is 360 g/mol. The molecule has 1 aliphatic rings. The predicted molar refractivity (Wildman–Crippen MR) is 93.2 cm³/mol. The van der Waals surface area contributed by atoms with Crippen LogP contribution in [0.1, 0.15) is 39.2 Å². The number of ether oxygens (including phenoxy) is 1. The van der Waals surface area contributed by atoms with Crippen LogP contribution in [0.5, 0.6) is 0 Å². The molecule has 0 bridgehead atoms. The van der Waals surface area contributed by atoms with Crippen molar-refractivity contribution in [3.8, 4) is 0 Å². The molecular weight excluding hydrogens is 340 g/mol. The van der Waals surface area contributed by atoms with Gasteiger partial charge in [0, 0.05) is 23.5 Å². The maximum absolute atomic E-state index is 12.6. The molecule has 0 radical (unpaired) electrons. The number of carboxylic acids is 1. The number of nitrogens with one attached hydrogen (secondary N) is 1. The third-order valence-corrected chi connectivity index (χ3v) is 3.99. The second-order valence-electron chi connectivity index (χ2n) is 6.24. The molecule has 1 atom stereocenters. The first-order valence-electron chi connectivity index (χ1n) is 8.00. The summed E-state index contributed by atoms with van der Waals surface area (Å²) < 4.78 is 5.28. The van der Waals surface area contributed by atoms with Crippen molar-refractivity contribution >= 4 is 17.6 Å². The van der Waals surface area contributed by atoms with E-state index < -0.39 is 22.8 Å². The molecule has 26 heavy (non-hydrogen) atoms. The minimum Gasteiger partial charge on any atom is -0.478 e. The molecule has 0 spiro atoms. The molecule has 8 heteroatoms. The molecule has 0 amide bonds. The van der Waals surface area contributed by atoms with E-state index >= 15 is 0 Å². The third-order valence-electron chi connectivity index (χ3n) is 3.99. The van der Waals surface area contributed by atoms with Crippen molar-refractivity contribution in [1.29, 1.82) is 0 Å². The molecule has 0 fully saturated rings. The summed E-state index contributed by atoms with van der Waals surface area (Å²) in [6.07, 6.45) is -0.374. The van der Waals surface area contributed by atoms with E-state index in [-0.39, 0.29) is 22.9 Å². The molecule has 0 aliphatic carbocycles. The molecule has 2 rings (SSSR count). The third kappa shape index (κ3) is 3.74. The number of carboxylic acid groups (broad SMARTS) is 1. The highest BCUT2D eigenvalue weighted by Gasteiger charge is 2.37. The number of rotatable bonds is 5. The number of dihydropyridines is 1. The van der Waals surface area contributed by atoms with Crippen LogP contribution in [0.4, 0.5) is 5.69 Å². The Hall–Kier alpha value is -3.16. The van der Waals surface area contributed by atoms with Gasteiger partial charge in [-0.3, -0.25) is 10.1 Å². The van der Waals surface area contributed by atoms with E-state index in [4.69, 9.17) is 4.74 Å². The summed E-state index contributed by atoms with van der Waals surface area (Å²) in [4.78, 5) is 34.8. The summed E-state index contributed by atoms with van der Waals surface area (Å²) in [6, 6.07) is 5.49. The topological polar surface area (TPSA) is 119 Å². The van der Waals surface area contributed by atoms with Crippen molar-refractivity contribution in [2.45, 2.75) is 39.7 Å². The number of carbonyl (C=O) groups excluding carboxylic acids is 1. The van der Waals surface area contributed by atoms with Crippen LogP contribution in [0, 0.1) is 10.1 Å². The number of hydrogen-bond donors (Lipinski definition) is 2. The van der Waals surface area contributed by atoms with Crippen LogP contribution in [0.3, 0.4) is 0 Å². The van der Waals surface area contributed by atoms with Gasteiger partial charge in [-0.05, 0) is 33.3 Å². The lowest BCUT2D eigenvalue weighted by molar-refractivity contribution is -0.384. The lowest BCUT2D eigenvalue weighted by Gasteiger charge is -2.30. The van der Waals surface area contributed by atoms with Crippen LogP contribution < -0.4 is 5.32 Å². The van der Waals surface area contributed by atoms with Gasteiger partial charge < -0.3 is 15.2 Å². The van der Waals surface area contributed by atoms with Crippen LogP contribution in [-0.4, -0.2) is 28.1 Å². The number of aliphatic carboxylic acids is 1. The zero-order valence-electron chi connectivity index (χ0n) is 14.9. The minimum atomic E-state index is -1.18. The highest BCUT2D eigenvalue weighted by atomic mass is 16.6. The number of allylic oxidation sites excluding steroid dienone is 2. The quantitative estimate of drug-likeness (QED) is 0.471. The van der Waals surface area contributed by atoms with E-state index in [9.17, 15) is 24.8 Å². The largest absolute Gasteiger partial charge is 0.478 e. The van der Waals surface area contributed by atoms with Gasteiger partial charge in [0.15, 0.2) is 0 Å². The smallest absolute Gasteiger partial charge is 0.337 e. The molecule has 138 valence electrons. The van der Waals surface area contributed by atoms with E-state index in [1.165, 1.54) is 24.3 Å². The molecule has 8 nitrogen and oxygen atoms in total. The first kappa shape index (κ1) is 19.2. The molecule has 0 aromatic heterocycles.